The Balaban J connectivity index is 2.06. The van der Waals surface area contributed by atoms with Gasteiger partial charge in [-0.1, -0.05) is 0 Å². The summed E-state index contributed by atoms with van der Waals surface area (Å²) in [7, 11) is 0. The molecule has 0 aromatic carbocycles. The molecule has 0 spiro atoms. The van der Waals surface area contributed by atoms with Crippen molar-refractivity contribution in [3.05, 3.63) is 12.1 Å². The Morgan fingerprint density at radius 1 is 1.47 bits per heavy atom. The van der Waals surface area contributed by atoms with Crippen molar-refractivity contribution in [1.29, 1.82) is 0 Å². The van der Waals surface area contributed by atoms with Crippen molar-refractivity contribution in [2.45, 2.75) is 12.8 Å². The van der Waals surface area contributed by atoms with Crippen LogP contribution in [-0.4, -0.2) is 35.0 Å². The third-order valence-electron chi connectivity index (χ3n) is 2.77. The largest absolute Gasteiger partial charge is 0.396 e. The second-order valence-corrected chi connectivity index (χ2v) is 3.95. The Morgan fingerprint density at radius 3 is 3.00 bits per heavy atom. The summed E-state index contributed by atoms with van der Waals surface area (Å²) in [6.07, 6.45) is 2.19. The van der Waals surface area contributed by atoms with E-state index in [0.717, 1.165) is 31.7 Å². The molecule has 1 aliphatic heterocycles. The van der Waals surface area contributed by atoms with Gasteiger partial charge in [0.05, 0.1) is 0 Å². The number of hydrogen-bond acceptors (Lipinski definition) is 5. The number of aliphatic hydroxyl groups excluding tert-OH is 1. The van der Waals surface area contributed by atoms with Crippen molar-refractivity contribution in [3.63, 3.8) is 0 Å². The maximum atomic E-state index is 9.12. The van der Waals surface area contributed by atoms with Crippen LogP contribution in [0.3, 0.4) is 0 Å². The number of nitrogen functional groups attached to an aromatic ring is 1. The van der Waals surface area contributed by atoms with Crippen LogP contribution in [0.4, 0.5) is 11.6 Å². The molecule has 82 valence electrons. The summed E-state index contributed by atoms with van der Waals surface area (Å²) in [4.78, 5) is 2.15. The maximum Gasteiger partial charge on any atom is 0.151 e. The van der Waals surface area contributed by atoms with Gasteiger partial charge in [0.1, 0.15) is 5.82 Å². The normalized spacial score (nSPS) is 21.7. The summed E-state index contributed by atoms with van der Waals surface area (Å²) in [6.45, 7) is 2.09. The zero-order valence-electron chi connectivity index (χ0n) is 8.63. The van der Waals surface area contributed by atoms with Crippen LogP contribution >= 0.6 is 0 Å². The van der Waals surface area contributed by atoms with Gasteiger partial charge in [0.15, 0.2) is 5.82 Å². The molecule has 1 atom stereocenters. The number of rotatable bonds is 2. The molecule has 15 heavy (non-hydrogen) atoms. The van der Waals surface area contributed by atoms with Crippen LogP contribution in [0.25, 0.3) is 0 Å². The fourth-order valence-corrected chi connectivity index (χ4v) is 1.93. The average molecular weight is 208 g/mol. The third-order valence-corrected chi connectivity index (χ3v) is 2.77. The molecule has 0 bridgehead atoms. The van der Waals surface area contributed by atoms with Crippen LogP contribution in [0.1, 0.15) is 12.8 Å². The second-order valence-electron chi connectivity index (χ2n) is 3.95. The quantitative estimate of drug-likeness (QED) is 0.729. The Morgan fingerprint density at radius 2 is 2.33 bits per heavy atom. The fourth-order valence-electron chi connectivity index (χ4n) is 1.93. The molecular formula is C10H16N4O. The van der Waals surface area contributed by atoms with Crippen LogP contribution in [0.5, 0.6) is 0 Å². The molecule has 5 nitrogen and oxygen atoms in total. The van der Waals surface area contributed by atoms with Gasteiger partial charge in [0.25, 0.3) is 0 Å². The molecule has 1 fully saturated rings. The summed E-state index contributed by atoms with van der Waals surface area (Å²) in [5, 5.41) is 17.0. The van der Waals surface area contributed by atoms with Gasteiger partial charge in [-0.05, 0) is 30.9 Å². The first-order valence-electron chi connectivity index (χ1n) is 5.24. The van der Waals surface area contributed by atoms with Crippen molar-refractivity contribution in [2.24, 2.45) is 5.92 Å². The van der Waals surface area contributed by atoms with E-state index in [0.29, 0.717) is 11.7 Å². The highest BCUT2D eigenvalue weighted by Gasteiger charge is 2.20. The molecule has 0 radical (unpaired) electrons. The minimum absolute atomic E-state index is 0.249. The van der Waals surface area contributed by atoms with Gasteiger partial charge in [0, 0.05) is 19.7 Å². The highest BCUT2D eigenvalue weighted by Crippen LogP contribution is 2.20. The Hall–Kier alpha value is -1.36. The van der Waals surface area contributed by atoms with E-state index < -0.39 is 0 Å². The Bertz CT molecular complexity index is 314. The first-order chi connectivity index (χ1) is 7.29. The van der Waals surface area contributed by atoms with Crippen molar-refractivity contribution in [3.8, 4) is 0 Å². The van der Waals surface area contributed by atoms with Crippen molar-refractivity contribution < 1.29 is 5.11 Å². The van der Waals surface area contributed by atoms with E-state index in [1.807, 2.05) is 6.07 Å². The number of hydrogen-bond donors (Lipinski definition) is 2. The van der Waals surface area contributed by atoms with Crippen LogP contribution < -0.4 is 10.6 Å². The van der Waals surface area contributed by atoms with E-state index in [2.05, 4.69) is 15.1 Å². The minimum Gasteiger partial charge on any atom is -0.396 e. The summed E-state index contributed by atoms with van der Waals surface area (Å²) in [5.74, 6) is 1.65. The summed E-state index contributed by atoms with van der Waals surface area (Å²) in [6, 6.07) is 3.63. The number of nitrogens with two attached hydrogens (primary N) is 1. The second kappa shape index (κ2) is 4.44. The van der Waals surface area contributed by atoms with Crippen molar-refractivity contribution >= 4 is 11.6 Å². The van der Waals surface area contributed by atoms with Crippen LogP contribution in [0.15, 0.2) is 12.1 Å². The zero-order valence-corrected chi connectivity index (χ0v) is 8.63. The standard InChI is InChI=1S/C10H16N4O/c11-9-3-4-10(13-12-9)14-5-1-2-8(6-14)7-15/h3-4,8,15H,1-2,5-7H2,(H2,11,12). The highest BCUT2D eigenvalue weighted by molar-refractivity contribution is 5.41. The lowest BCUT2D eigenvalue weighted by Crippen LogP contribution is -2.37. The topological polar surface area (TPSA) is 75.3 Å². The summed E-state index contributed by atoms with van der Waals surface area (Å²) >= 11 is 0. The molecule has 0 saturated carbocycles. The van der Waals surface area contributed by atoms with Crippen molar-refractivity contribution in [1.82, 2.24) is 10.2 Å². The first kappa shape index (κ1) is 10.2. The van der Waals surface area contributed by atoms with E-state index in [-0.39, 0.29) is 6.61 Å². The predicted molar refractivity (Wildman–Crippen MR) is 58.5 cm³/mol. The van der Waals surface area contributed by atoms with E-state index in [9.17, 15) is 0 Å². The highest BCUT2D eigenvalue weighted by atomic mass is 16.3. The predicted octanol–water partition coefficient (Wildman–Crippen LogP) is 0.267. The van der Waals surface area contributed by atoms with Gasteiger partial charge in [-0.2, -0.15) is 0 Å². The number of piperidine rings is 1. The third kappa shape index (κ3) is 2.36. The maximum absolute atomic E-state index is 9.12. The van der Waals surface area contributed by atoms with E-state index >= 15 is 0 Å². The van der Waals surface area contributed by atoms with E-state index in [1.54, 1.807) is 6.07 Å². The Kier molecular flexibility index (Phi) is 3.01. The molecule has 2 rings (SSSR count). The lowest BCUT2D eigenvalue weighted by molar-refractivity contribution is 0.208. The lowest BCUT2D eigenvalue weighted by atomic mass is 9.99. The van der Waals surface area contributed by atoms with E-state index in [1.165, 1.54) is 0 Å². The van der Waals surface area contributed by atoms with E-state index in [4.69, 9.17) is 10.8 Å². The van der Waals surface area contributed by atoms with Gasteiger partial charge in [-0.15, -0.1) is 10.2 Å². The minimum atomic E-state index is 0.249. The van der Waals surface area contributed by atoms with Gasteiger partial charge < -0.3 is 15.7 Å². The monoisotopic (exact) mass is 208 g/mol. The molecule has 3 N–H and O–H groups in total. The van der Waals surface area contributed by atoms with Gasteiger partial charge in [0.2, 0.25) is 0 Å². The molecular weight excluding hydrogens is 192 g/mol. The molecule has 2 heterocycles. The van der Waals surface area contributed by atoms with Crippen LogP contribution in [0, 0.1) is 5.92 Å². The number of aliphatic hydroxyl groups is 1. The average Bonchev–Trinajstić information content (AvgIpc) is 2.30. The molecule has 5 heteroatoms. The van der Waals surface area contributed by atoms with Gasteiger partial charge >= 0.3 is 0 Å². The number of nitrogens with zero attached hydrogens (tertiary/aromatic N) is 3. The lowest BCUT2D eigenvalue weighted by Gasteiger charge is -2.32. The molecule has 1 saturated heterocycles. The molecule has 0 amide bonds. The van der Waals surface area contributed by atoms with Crippen LogP contribution in [0.2, 0.25) is 0 Å². The summed E-state index contributed by atoms with van der Waals surface area (Å²) in [5.41, 5.74) is 5.48. The smallest absolute Gasteiger partial charge is 0.151 e. The molecule has 1 aliphatic rings. The SMILES string of the molecule is Nc1ccc(N2CCCC(CO)C2)nn1. The summed E-state index contributed by atoms with van der Waals surface area (Å²) < 4.78 is 0. The zero-order chi connectivity index (χ0) is 10.7. The number of aromatic nitrogens is 2. The van der Waals surface area contributed by atoms with Crippen molar-refractivity contribution in [2.75, 3.05) is 30.3 Å². The molecule has 1 aromatic heterocycles. The Labute approximate surface area is 88.9 Å². The fraction of sp³-hybridized carbons (Fsp3) is 0.600. The molecule has 1 aromatic rings. The first-order valence-corrected chi connectivity index (χ1v) is 5.24. The number of anilines is 2. The molecule has 1 unspecified atom stereocenters. The van der Waals surface area contributed by atoms with Gasteiger partial charge in [-0.3, -0.25) is 0 Å². The van der Waals surface area contributed by atoms with Crippen LogP contribution in [-0.2, 0) is 0 Å². The molecule has 0 aliphatic carbocycles. The van der Waals surface area contributed by atoms with Gasteiger partial charge in [-0.25, -0.2) is 0 Å².